The summed E-state index contributed by atoms with van der Waals surface area (Å²) in [5.74, 6) is -0.873. The molecule has 8 heteroatoms. The number of amides is 2. The molecule has 1 unspecified atom stereocenters. The monoisotopic (exact) mass is 369 g/mol. The summed E-state index contributed by atoms with van der Waals surface area (Å²) in [5.41, 5.74) is 1.22. The standard InChI is InChI=1S/C19H19N3O5/c23-17(15-7-9-16(10-8-15)22(26)27)12-20-19(25)13-21-18(24)11-6-14-4-2-1-3-5-14/h1-11,17,23H,12-13H2,(H,20,25)(H,21,24). The zero-order chi connectivity index (χ0) is 19.6. The molecule has 2 rings (SSSR count). The van der Waals surface area contributed by atoms with E-state index in [1.165, 1.54) is 30.3 Å². The Balaban J connectivity index is 1.73. The van der Waals surface area contributed by atoms with Crippen LogP contribution in [0.1, 0.15) is 17.2 Å². The molecule has 2 aromatic carbocycles. The molecule has 140 valence electrons. The van der Waals surface area contributed by atoms with Crippen molar-refractivity contribution >= 4 is 23.6 Å². The van der Waals surface area contributed by atoms with Gasteiger partial charge in [0.15, 0.2) is 0 Å². The van der Waals surface area contributed by atoms with Gasteiger partial charge in [0.1, 0.15) is 0 Å². The van der Waals surface area contributed by atoms with Crippen LogP contribution in [0.15, 0.2) is 60.7 Å². The maximum atomic E-state index is 11.8. The van der Waals surface area contributed by atoms with E-state index in [1.54, 1.807) is 6.08 Å². The van der Waals surface area contributed by atoms with E-state index < -0.39 is 22.8 Å². The predicted octanol–water partition coefficient (Wildman–Crippen LogP) is 1.57. The van der Waals surface area contributed by atoms with Crippen LogP contribution in [0.4, 0.5) is 5.69 Å². The van der Waals surface area contributed by atoms with Crippen LogP contribution >= 0.6 is 0 Å². The normalized spacial score (nSPS) is 11.7. The average Bonchev–Trinajstić information content (AvgIpc) is 2.69. The first kappa shape index (κ1) is 19.8. The summed E-state index contributed by atoms with van der Waals surface area (Å²) in [5, 5.41) is 25.5. The van der Waals surface area contributed by atoms with Gasteiger partial charge in [-0.25, -0.2) is 0 Å². The molecule has 0 bridgehead atoms. The quantitative estimate of drug-likeness (QED) is 0.370. The number of carbonyl (C=O) groups is 2. The number of hydrogen-bond donors (Lipinski definition) is 3. The smallest absolute Gasteiger partial charge is 0.269 e. The lowest BCUT2D eigenvalue weighted by atomic mass is 10.1. The molecule has 0 aliphatic heterocycles. The van der Waals surface area contributed by atoms with Gasteiger partial charge in [0.25, 0.3) is 5.69 Å². The first-order valence-corrected chi connectivity index (χ1v) is 8.16. The maximum Gasteiger partial charge on any atom is 0.269 e. The summed E-state index contributed by atoms with van der Waals surface area (Å²) in [4.78, 5) is 33.5. The Labute approximate surface area is 155 Å². The third kappa shape index (κ3) is 6.71. The number of rotatable bonds is 8. The van der Waals surface area contributed by atoms with Crippen molar-refractivity contribution in [3.05, 3.63) is 81.9 Å². The van der Waals surface area contributed by atoms with Crippen molar-refractivity contribution in [1.29, 1.82) is 0 Å². The highest BCUT2D eigenvalue weighted by Gasteiger charge is 2.12. The van der Waals surface area contributed by atoms with Gasteiger partial charge in [-0.05, 0) is 29.3 Å². The Bertz CT molecular complexity index is 819. The molecule has 0 aromatic heterocycles. The van der Waals surface area contributed by atoms with E-state index in [9.17, 15) is 24.8 Å². The molecule has 1 atom stereocenters. The van der Waals surface area contributed by atoms with Gasteiger partial charge in [0.2, 0.25) is 11.8 Å². The lowest BCUT2D eigenvalue weighted by molar-refractivity contribution is -0.384. The number of nitrogens with zero attached hydrogens (tertiary/aromatic N) is 1. The van der Waals surface area contributed by atoms with Gasteiger partial charge in [0.05, 0.1) is 17.6 Å². The van der Waals surface area contributed by atoms with E-state index in [0.29, 0.717) is 5.56 Å². The highest BCUT2D eigenvalue weighted by Crippen LogP contribution is 2.17. The summed E-state index contributed by atoms with van der Waals surface area (Å²) in [7, 11) is 0. The molecule has 0 spiro atoms. The van der Waals surface area contributed by atoms with Crippen LogP contribution < -0.4 is 10.6 Å². The van der Waals surface area contributed by atoms with Crippen molar-refractivity contribution in [1.82, 2.24) is 10.6 Å². The molecule has 0 heterocycles. The van der Waals surface area contributed by atoms with Crippen LogP contribution in [0, 0.1) is 10.1 Å². The zero-order valence-electron chi connectivity index (χ0n) is 14.4. The highest BCUT2D eigenvalue weighted by atomic mass is 16.6. The number of hydrogen-bond acceptors (Lipinski definition) is 5. The van der Waals surface area contributed by atoms with Crippen molar-refractivity contribution in [2.45, 2.75) is 6.10 Å². The topological polar surface area (TPSA) is 122 Å². The number of nitro benzene ring substituents is 1. The summed E-state index contributed by atoms with van der Waals surface area (Å²) in [6.07, 6.45) is 1.95. The minimum atomic E-state index is -1.01. The lowest BCUT2D eigenvalue weighted by Gasteiger charge is -2.12. The fourth-order valence-corrected chi connectivity index (χ4v) is 2.17. The maximum absolute atomic E-state index is 11.8. The second-order valence-electron chi connectivity index (χ2n) is 5.63. The average molecular weight is 369 g/mol. The molecule has 3 N–H and O–H groups in total. The Morgan fingerprint density at radius 2 is 1.74 bits per heavy atom. The van der Waals surface area contributed by atoms with Gasteiger partial charge in [-0.15, -0.1) is 0 Å². The van der Waals surface area contributed by atoms with Gasteiger partial charge >= 0.3 is 0 Å². The van der Waals surface area contributed by atoms with Crippen LogP contribution in [0.3, 0.4) is 0 Å². The molecular formula is C19H19N3O5. The Morgan fingerprint density at radius 3 is 2.37 bits per heavy atom. The van der Waals surface area contributed by atoms with Crippen LogP contribution in [-0.4, -0.2) is 34.9 Å². The van der Waals surface area contributed by atoms with Gasteiger partial charge in [0, 0.05) is 24.8 Å². The summed E-state index contributed by atoms with van der Waals surface area (Å²) in [6.45, 7) is -0.308. The number of benzene rings is 2. The second-order valence-corrected chi connectivity index (χ2v) is 5.63. The third-order valence-electron chi connectivity index (χ3n) is 3.63. The zero-order valence-corrected chi connectivity index (χ0v) is 14.4. The van der Waals surface area contributed by atoms with Crippen LogP contribution in [0.5, 0.6) is 0 Å². The lowest BCUT2D eigenvalue weighted by Crippen LogP contribution is -2.38. The van der Waals surface area contributed by atoms with Crippen molar-refractivity contribution in [2.75, 3.05) is 13.1 Å². The Hall–Kier alpha value is -3.52. The van der Waals surface area contributed by atoms with Gasteiger partial charge < -0.3 is 15.7 Å². The minimum absolute atomic E-state index is 0.0770. The predicted molar refractivity (Wildman–Crippen MR) is 99.6 cm³/mol. The van der Waals surface area contributed by atoms with E-state index in [2.05, 4.69) is 10.6 Å². The molecule has 0 aliphatic rings. The molecule has 0 radical (unpaired) electrons. The van der Waals surface area contributed by atoms with Crippen LogP contribution in [0.2, 0.25) is 0 Å². The largest absolute Gasteiger partial charge is 0.387 e. The van der Waals surface area contributed by atoms with E-state index in [4.69, 9.17) is 0 Å². The molecular weight excluding hydrogens is 350 g/mol. The molecule has 0 saturated heterocycles. The number of carbonyl (C=O) groups excluding carboxylic acids is 2. The van der Waals surface area contributed by atoms with Crippen molar-refractivity contribution in [2.24, 2.45) is 0 Å². The summed E-state index contributed by atoms with van der Waals surface area (Å²) >= 11 is 0. The van der Waals surface area contributed by atoms with Gasteiger partial charge in [-0.1, -0.05) is 30.3 Å². The highest BCUT2D eigenvalue weighted by molar-refractivity contribution is 5.94. The molecule has 2 amide bonds. The van der Waals surface area contributed by atoms with E-state index in [-0.39, 0.29) is 18.8 Å². The number of non-ortho nitro benzene ring substituents is 1. The fraction of sp³-hybridized carbons (Fsp3) is 0.158. The molecule has 0 saturated carbocycles. The summed E-state index contributed by atoms with van der Waals surface area (Å²) < 4.78 is 0. The second kappa shape index (κ2) is 9.83. The fourth-order valence-electron chi connectivity index (χ4n) is 2.17. The molecule has 0 fully saturated rings. The first-order chi connectivity index (χ1) is 13.0. The van der Waals surface area contributed by atoms with Crippen LogP contribution in [0.25, 0.3) is 6.08 Å². The van der Waals surface area contributed by atoms with E-state index in [1.807, 2.05) is 30.3 Å². The third-order valence-corrected chi connectivity index (χ3v) is 3.63. The Kier molecular flexibility index (Phi) is 7.21. The van der Waals surface area contributed by atoms with Crippen molar-refractivity contribution < 1.29 is 19.6 Å². The number of nitro groups is 1. The Morgan fingerprint density at radius 1 is 1.07 bits per heavy atom. The number of aliphatic hydroxyl groups is 1. The van der Waals surface area contributed by atoms with Gasteiger partial charge in [-0.2, -0.15) is 0 Å². The molecule has 2 aromatic rings. The molecule has 8 nitrogen and oxygen atoms in total. The molecule has 27 heavy (non-hydrogen) atoms. The number of nitrogens with one attached hydrogen (secondary N) is 2. The molecule has 0 aliphatic carbocycles. The van der Waals surface area contributed by atoms with Crippen molar-refractivity contribution in [3.8, 4) is 0 Å². The minimum Gasteiger partial charge on any atom is -0.387 e. The van der Waals surface area contributed by atoms with E-state index in [0.717, 1.165) is 5.56 Å². The first-order valence-electron chi connectivity index (χ1n) is 8.16. The number of aliphatic hydroxyl groups excluding tert-OH is 1. The SMILES string of the molecule is O=C(C=Cc1ccccc1)NCC(=O)NCC(O)c1ccc([N+](=O)[O-])cc1. The van der Waals surface area contributed by atoms with E-state index >= 15 is 0 Å². The van der Waals surface area contributed by atoms with Crippen molar-refractivity contribution in [3.63, 3.8) is 0 Å². The van der Waals surface area contributed by atoms with Crippen LogP contribution in [-0.2, 0) is 9.59 Å². The summed E-state index contributed by atoms with van der Waals surface area (Å²) in [6, 6.07) is 14.6. The van der Waals surface area contributed by atoms with Gasteiger partial charge in [-0.3, -0.25) is 19.7 Å².